The molecule has 0 bridgehead atoms. The summed E-state index contributed by atoms with van der Waals surface area (Å²) in [4.78, 5) is 5.36. The van der Waals surface area contributed by atoms with Gasteiger partial charge in [-0.1, -0.05) is 42.9 Å². The van der Waals surface area contributed by atoms with Gasteiger partial charge in [-0.15, -0.1) is 0 Å². The molecule has 0 radical (unpaired) electrons. The highest BCUT2D eigenvalue weighted by Crippen LogP contribution is 2.21. The second-order valence-corrected chi connectivity index (χ2v) is 6.23. The second kappa shape index (κ2) is 6.85. The van der Waals surface area contributed by atoms with Crippen molar-refractivity contribution in [1.29, 1.82) is 0 Å². The number of nitrogens with zero attached hydrogens (tertiary/aromatic N) is 2. The first-order valence-electron chi connectivity index (χ1n) is 7.06. The summed E-state index contributed by atoms with van der Waals surface area (Å²) in [6, 6.07) is 6.46. The molecule has 0 aliphatic carbocycles. The molecule has 2 N–H and O–H groups in total. The number of halogens is 1. The topological polar surface area (TPSA) is 32.5 Å². The molecule has 1 fully saturated rings. The third-order valence-corrected chi connectivity index (χ3v) is 4.57. The van der Waals surface area contributed by atoms with Crippen LogP contribution in [0, 0.1) is 0 Å². The lowest BCUT2D eigenvalue weighted by Crippen LogP contribution is -2.51. The molecule has 1 unspecified atom stereocenters. The number of hydrogen-bond acceptors (Lipinski definition) is 3. The maximum atomic E-state index is 6.33. The summed E-state index contributed by atoms with van der Waals surface area (Å²) in [7, 11) is 0. The molecule has 0 spiro atoms. The minimum Gasteiger partial charge on any atom is -0.389 e. The van der Waals surface area contributed by atoms with E-state index < -0.39 is 0 Å². The van der Waals surface area contributed by atoms with Gasteiger partial charge in [0.2, 0.25) is 0 Å². The molecule has 1 aromatic rings. The van der Waals surface area contributed by atoms with Gasteiger partial charge in [0.25, 0.3) is 0 Å². The summed E-state index contributed by atoms with van der Waals surface area (Å²) < 4.78 is 0. The van der Waals surface area contributed by atoms with E-state index in [0.717, 1.165) is 48.9 Å². The van der Waals surface area contributed by atoms with Crippen LogP contribution in [0.4, 0.5) is 0 Å². The maximum Gasteiger partial charge on any atom is 0.104 e. The van der Waals surface area contributed by atoms with E-state index >= 15 is 0 Å². The van der Waals surface area contributed by atoms with Crippen molar-refractivity contribution < 1.29 is 0 Å². The van der Waals surface area contributed by atoms with E-state index in [4.69, 9.17) is 29.6 Å². The zero-order valence-corrected chi connectivity index (χ0v) is 13.7. The third kappa shape index (κ3) is 3.70. The van der Waals surface area contributed by atoms with Crippen LogP contribution >= 0.6 is 23.8 Å². The van der Waals surface area contributed by atoms with Crippen molar-refractivity contribution in [2.24, 2.45) is 5.73 Å². The van der Waals surface area contributed by atoms with Gasteiger partial charge in [-0.3, -0.25) is 9.80 Å². The van der Waals surface area contributed by atoms with Crippen molar-refractivity contribution in [2.75, 3.05) is 26.2 Å². The monoisotopic (exact) mass is 311 g/mol. The van der Waals surface area contributed by atoms with Gasteiger partial charge >= 0.3 is 0 Å². The fourth-order valence-electron chi connectivity index (χ4n) is 2.75. The Morgan fingerprint density at radius 2 is 2.20 bits per heavy atom. The van der Waals surface area contributed by atoms with Gasteiger partial charge in [-0.2, -0.15) is 0 Å². The summed E-state index contributed by atoms with van der Waals surface area (Å²) in [5.41, 5.74) is 7.60. The van der Waals surface area contributed by atoms with E-state index in [9.17, 15) is 0 Å². The molecular weight excluding hydrogens is 290 g/mol. The van der Waals surface area contributed by atoms with Crippen LogP contribution in [-0.4, -0.2) is 47.0 Å². The van der Waals surface area contributed by atoms with E-state index in [1.807, 2.05) is 18.2 Å². The smallest absolute Gasteiger partial charge is 0.104 e. The number of likely N-dealkylation sites (N-methyl/N-ethyl adjacent to an activating group) is 1. The number of hydrogen-bond donors (Lipinski definition) is 1. The fourth-order valence-corrected chi connectivity index (χ4v) is 3.12. The summed E-state index contributed by atoms with van der Waals surface area (Å²) in [5, 5.41) is 0.751. The third-order valence-electron chi connectivity index (χ3n) is 3.99. The summed E-state index contributed by atoms with van der Waals surface area (Å²) >= 11 is 11.3. The highest BCUT2D eigenvalue weighted by Gasteiger charge is 2.22. The minimum atomic E-state index is 0.392. The Balaban J connectivity index is 2.02. The maximum absolute atomic E-state index is 6.33. The first kappa shape index (κ1) is 15.7. The lowest BCUT2D eigenvalue weighted by atomic mass is 10.1. The predicted octanol–water partition coefficient (Wildman–Crippen LogP) is 2.50. The highest BCUT2D eigenvalue weighted by molar-refractivity contribution is 7.80. The standard InChI is InChI=1S/C15H22ClN3S/c1-3-19-7-6-18(9-11(19)2)10-13-5-4-12(15(17)20)8-14(13)16/h4-5,8,11H,3,6-7,9-10H2,1-2H3,(H2,17,20). The van der Waals surface area contributed by atoms with E-state index in [0.29, 0.717) is 11.0 Å². The average molecular weight is 312 g/mol. The number of piperazine rings is 1. The molecule has 0 aromatic heterocycles. The first-order chi connectivity index (χ1) is 9.51. The largest absolute Gasteiger partial charge is 0.389 e. The lowest BCUT2D eigenvalue weighted by molar-refractivity contribution is 0.0835. The molecule has 20 heavy (non-hydrogen) atoms. The van der Waals surface area contributed by atoms with E-state index in [1.165, 1.54) is 0 Å². The zero-order valence-electron chi connectivity index (χ0n) is 12.1. The van der Waals surface area contributed by atoms with E-state index in [1.54, 1.807) is 0 Å². The lowest BCUT2D eigenvalue weighted by Gasteiger charge is -2.39. The van der Waals surface area contributed by atoms with E-state index in [-0.39, 0.29) is 0 Å². The number of thiocarbonyl (C=S) groups is 1. The van der Waals surface area contributed by atoms with Crippen LogP contribution < -0.4 is 5.73 Å². The van der Waals surface area contributed by atoms with Gasteiger partial charge in [0, 0.05) is 42.8 Å². The van der Waals surface area contributed by atoms with Gasteiger partial charge in [-0.25, -0.2) is 0 Å². The molecule has 3 nitrogen and oxygen atoms in total. The fraction of sp³-hybridized carbons (Fsp3) is 0.533. The van der Waals surface area contributed by atoms with Crippen LogP contribution in [0.2, 0.25) is 5.02 Å². The second-order valence-electron chi connectivity index (χ2n) is 5.38. The van der Waals surface area contributed by atoms with Crippen molar-refractivity contribution in [3.63, 3.8) is 0 Å². The molecule has 0 saturated carbocycles. The summed E-state index contributed by atoms with van der Waals surface area (Å²) in [5.74, 6) is 0. The molecule has 110 valence electrons. The molecule has 1 aliphatic heterocycles. The Bertz CT molecular complexity index is 492. The molecular formula is C15H22ClN3S. The van der Waals surface area contributed by atoms with Crippen molar-refractivity contribution in [3.8, 4) is 0 Å². The molecule has 2 rings (SSSR count). The molecule has 1 heterocycles. The van der Waals surface area contributed by atoms with Crippen LogP contribution in [0.3, 0.4) is 0 Å². The predicted molar refractivity (Wildman–Crippen MR) is 89.3 cm³/mol. The highest BCUT2D eigenvalue weighted by atomic mass is 35.5. The number of nitrogens with two attached hydrogens (primary N) is 1. The van der Waals surface area contributed by atoms with Crippen molar-refractivity contribution >= 4 is 28.8 Å². The van der Waals surface area contributed by atoms with Crippen LogP contribution in [0.5, 0.6) is 0 Å². The van der Waals surface area contributed by atoms with Gasteiger partial charge in [-0.05, 0) is 25.1 Å². The molecule has 5 heteroatoms. The normalized spacial score (nSPS) is 21.1. The minimum absolute atomic E-state index is 0.392. The van der Waals surface area contributed by atoms with Crippen LogP contribution in [0.15, 0.2) is 18.2 Å². The van der Waals surface area contributed by atoms with Crippen molar-refractivity contribution in [3.05, 3.63) is 34.3 Å². The van der Waals surface area contributed by atoms with Gasteiger partial charge in [0.05, 0.1) is 0 Å². The Morgan fingerprint density at radius 1 is 1.45 bits per heavy atom. The van der Waals surface area contributed by atoms with E-state index in [2.05, 4.69) is 23.6 Å². The quantitative estimate of drug-likeness (QED) is 0.866. The first-order valence-corrected chi connectivity index (χ1v) is 7.84. The summed E-state index contributed by atoms with van der Waals surface area (Å²) in [6.07, 6.45) is 0. The molecule has 1 aliphatic rings. The molecule has 1 saturated heterocycles. The Labute approximate surface area is 131 Å². The van der Waals surface area contributed by atoms with Crippen LogP contribution in [-0.2, 0) is 6.54 Å². The Morgan fingerprint density at radius 3 is 2.75 bits per heavy atom. The molecule has 1 aromatic carbocycles. The Kier molecular flexibility index (Phi) is 5.38. The van der Waals surface area contributed by atoms with Gasteiger partial charge < -0.3 is 5.73 Å². The zero-order chi connectivity index (χ0) is 14.7. The number of benzene rings is 1. The van der Waals surface area contributed by atoms with Crippen molar-refractivity contribution in [2.45, 2.75) is 26.4 Å². The van der Waals surface area contributed by atoms with Crippen molar-refractivity contribution in [1.82, 2.24) is 9.80 Å². The van der Waals surface area contributed by atoms with Crippen LogP contribution in [0.25, 0.3) is 0 Å². The number of rotatable bonds is 4. The molecule has 0 amide bonds. The summed E-state index contributed by atoms with van der Waals surface area (Å²) in [6.45, 7) is 9.81. The van der Waals surface area contributed by atoms with Gasteiger partial charge in [0.15, 0.2) is 0 Å². The van der Waals surface area contributed by atoms with Gasteiger partial charge in [0.1, 0.15) is 4.99 Å². The Hall–Kier alpha value is -0.680. The SMILES string of the molecule is CCN1CCN(Cc2ccc(C(N)=S)cc2Cl)CC1C. The average Bonchev–Trinajstić information content (AvgIpc) is 2.41. The van der Waals surface area contributed by atoms with Crippen LogP contribution in [0.1, 0.15) is 25.0 Å². The molecule has 1 atom stereocenters.